The van der Waals surface area contributed by atoms with Gasteiger partial charge in [-0.25, -0.2) is 9.59 Å². The molecule has 90 valence electrons. The lowest BCUT2D eigenvalue weighted by Gasteiger charge is -1.93. The highest BCUT2D eigenvalue weighted by molar-refractivity contribution is 5.90. The number of H-pyrrole nitrogens is 1. The number of para-hydroxylation sites is 1. The van der Waals surface area contributed by atoms with Crippen LogP contribution >= 0.6 is 0 Å². The Kier molecular flexibility index (Phi) is 1.85. The van der Waals surface area contributed by atoms with Crippen LogP contribution < -0.4 is 11.4 Å². The summed E-state index contributed by atoms with van der Waals surface area (Å²) in [6, 6.07) is 6.54. The fourth-order valence-electron chi connectivity index (χ4n) is 1.78. The van der Waals surface area contributed by atoms with Gasteiger partial charge in [0.25, 0.3) is 0 Å². The fraction of sp³-hybridized carbons (Fsp3) is 0. The van der Waals surface area contributed by atoms with Crippen LogP contribution in [0, 0.1) is 10.1 Å². The molecular weight excluding hydrogens is 242 g/mol. The van der Waals surface area contributed by atoms with E-state index in [1.165, 1.54) is 0 Å². The van der Waals surface area contributed by atoms with Crippen LogP contribution in [0.2, 0.25) is 0 Å². The molecule has 0 amide bonds. The summed E-state index contributed by atoms with van der Waals surface area (Å²) in [5.74, 6) is 0. The summed E-state index contributed by atoms with van der Waals surface area (Å²) in [7, 11) is 0. The Morgan fingerprint density at radius 1 is 1.28 bits per heavy atom. The van der Waals surface area contributed by atoms with Crippen molar-refractivity contribution in [1.82, 2.24) is 19.3 Å². The lowest BCUT2D eigenvalue weighted by molar-refractivity contribution is -0.555. The van der Waals surface area contributed by atoms with Crippen molar-refractivity contribution < 1.29 is 5.03 Å². The molecule has 3 aromatic rings. The van der Waals surface area contributed by atoms with Crippen LogP contribution in [0.3, 0.4) is 0 Å². The first-order valence-electron chi connectivity index (χ1n) is 4.87. The molecule has 1 aromatic carbocycles. The van der Waals surface area contributed by atoms with Gasteiger partial charge in [-0.1, -0.05) is 12.1 Å². The van der Waals surface area contributed by atoms with Gasteiger partial charge in [-0.05, 0) is 12.1 Å². The number of nitro groups is 1. The maximum atomic E-state index is 11.6. The van der Waals surface area contributed by atoms with Crippen LogP contribution in [0.5, 0.6) is 0 Å². The van der Waals surface area contributed by atoms with E-state index in [1.54, 1.807) is 24.3 Å². The van der Waals surface area contributed by atoms with Crippen molar-refractivity contribution in [3.63, 3.8) is 0 Å². The normalized spacial score (nSPS) is 11.1. The summed E-state index contributed by atoms with van der Waals surface area (Å²) in [5.41, 5.74) is -1.53. The molecule has 18 heavy (non-hydrogen) atoms. The average molecular weight is 247 g/mol. The number of aromatic amines is 1. The minimum Gasteiger partial charge on any atom is -0.339 e. The minimum atomic E-state index is -1.08. The van der Waals surface area contributed by atoms with Crippen molar-refractivity contribution in [2.45, 2.75) is 0 Å². The number of nitrogens with one attached hydrogen (secondary N) is 1. The molecule has 2 aromatic heterocycles. The van der Waals surface area contributed by atoms with Gasteiger partial charge in [0.15, 0.2) is 0 Å². The predicted octanol–water partition coefficient (Wildman–Crippen LogP) is -0.623. The number of aromatic nitrogens is 4. The Balaban J connectivity index is 2.66. The third-order valence-corrected chi connectivity index (χ3v) is 2.54. The number of fused-ring (bicyclic) bond motifs is 3. The van der Waals surface area contributed by atoms with Crippen molar-refractivity contribution in [2.24, 2.45) is 0 Å². The maximum absolute atomic E-state index is 11.6. The Labute approximate surface area is 97.0 Å². The second-order valence-corrected chi connectivity index (χ2v) is 3.54. The lowest BCUT2D eigenvalue weighted by atomic mass is 10.2. The van der Waals surface area contributed by atoms with Crippen LogP contribution in [0.15, 0.2) is 33.9 Å². The van der Waals surface area contributed by atoms with Crippen molar-refractivity contribution in [3.05, 3.63) is 55.3 Å². The Morgan fingerprint density at radius 2 is 2.00 bits per heavy atom. The second-order valence-electron chi connectivity index (χ2n) is 3.54. The molecule has 1 N–H and O–H groups in total. The molecule has 0 aliphatic heterocycles. The van der Waals surface area contributed by atoms with E-state index in [-0.39, 0.29) is 10.4 Å². The van der Waals surface area contributed by atoms with E-state index in [4.69, 9.17) is 0 Å². The SMILES string of the molecule is O=c1nc2ccccc2c2[nH]n([N+](=O)[O-])c(=O)n12. The zero-order valence-electron chi connectivity index (χ0n) is 8.73. The van der Waals surface area contributed by atoms with E-state index in [2.05, 4.69) is 10.1 Å². The monoisotopic (exact) mass is 247 g/mol. The molecule has 9 nitrogen and oxygen atoms in total. The number of hydrogen-bond donors (Lipinski definition) is 1. The summed E-state index contributed by atoms with van der Waals surface area (Å²) >= 11 is 0. The van der Waals surface area contributed by atoms with Gasteiger partial charge in [0, 0.05) is 4.79 Å². The van der Waals surface area contributed by atoms with Crippen LogP contribution in [0.1, 0.15) is 0 Å². The zero-order chi connectivity index (χ0) is 12.9. The average Bonchev–Trinajstić information content (AvgIpc) is 2.68. The largest absolute Gasteiger partial charge is 0.416 e. The predicted molar refractivity (Wildman–Crippen MR) is 60.0 cm³/mol. The lowest BCUT2D eigenvalue weighted by Crippen LogP contribution is -2.32. The third kappa shape index (κ3) is 1.18. The summed E-state index contributed by atoms with van der Waals surface area (Å²) in [4.78, 5) is 37.8. The molecule has 0 spiro atoms. The molecule has 0 bridgehead atoms. The zero-order valence-corrected chi connectivity index (χ0v) is 8.73. The second kappa shape index (κ2) is 3.26. The molecule has 0 unspecified atom stereocenters. The number of rotatable bonds is 1. The van der Waals surface area contributed by atoms with Crippen LogP contribution in [0.25, 0.3) is 16.6 Å². The van der Waals surface area contributed by atoms with Gasteiger partial charge >= 0.3 is 11.4 Å². The molecule has 9 heteroatoms. The van der Waals surface area contributed by atoms with E-state index >= 15 is 0 Å². The van der Waals surface area contributed by atoms with Crippen LogP contribution in [0.4, 0.5) is 0 Å². The number of benzene rings is 1. The van der Waals surface area contributed by atoms with E-state index in [9.17, 15) is 19.7 Å². The van der Waals surface area contributed by atoms with Crippen molar-refractivity contribution >= 4 is 16.6 Å². The highest BCUT2D eigenvalue weighted by Gasteiger charge is 2.18. The van der Waals surface area contributed by atoms with Gasteiger partial charge in [-0.15, -0.1) is 5.10 Å². The van der Waals surface area contributed by atoms with Gasteiger partial charge in [0.1, 0.15) is 0 Å². The van der Waals surface area contributed by atoms with Crippen molar-refractivity contribution in [3.8, 4) is 0 Å². The van der Waals surface area contributed by atoms with E-state index in [0.717, 1.165) is 0 Å². The van der Waals surface area contributed by atoms with Crippen LogP contribution in [-0.2, 0) is 0 Å². The fourth-order valence-corrected chi connectivity index (χ4v) is 1.78. The molecule has 3 rings (SSSR count). The molecule has 0 fully saturated rings. The number of hydrogen-bond acceptors (Lipinski definition) is 5. The maximum Gasteiger partial charge on any atom is 0.416 e. The van der Waals surface area contributed by atoms with E-state index < -0.39 is 16.4 Å². The first kappa shape index (κ1) is 10.2. The molecular formula is C9H5N5O4. The first-order chi connectivity index (χ1) is 8.59. The molecule has 0 aliphatic rings. The number of nitrogens with zero attached hydrogens (tertiary/aromatic N) is 4. The highest BCUT2D eigenvalue weighted by atomic mass is 16.7. The Hall–Kier alpha value is -2.97. The quantitative estimate of drug-likeness (QED) is 0.454. The molecule has 0 aliphatic carbocycles. The highest BCUT2D eigenvalue weighted by Crippen LogP contribution is 2.12. The summed E-state index contributed by atoms with van der Waals surface area (Å²) in [5, 5.41) is 12.4. The van der Waals surface area contributed by atoms with E-state index in [1.807, 2.05) is 0 Å². The minimum absolute atomic E-state index is 0.0484. The van der Waals surface area contributed by atoms with Crippen molar-refractivity contribution in [1.29, 1.82) is 0 Å². The molecule has 2 heterocycles. The Morgan fingerprint density at radius 3 is 2.72 bits per heavy atom. The van der Waals surface area contributed by atoms with Gasteiger partial charge in [-0.3, -0.25) is 0 Å². The molecule has 0 saturated carbocycles. The molecule has 0 radical (unpaired) electrons. The Bertz CT molecular complexity index is 903. The van der Waals surface area contributed by atoms with Gasteiger partial charge < -0.3 is 10.1 Å². The smallest absolute Gasteiger partial charge is 0.339 e. The first-order valence-corrected chi connectivity index (χ1v) is 4.87. The van der Waals surface area contributed by atoms with Crippen molar-refractivity contribution in [2.75, 3.05) is 0 Å². The molecule has 0 saturated heterocycles. The summed E-state index contributed by atoms with van der Waals surface area (Å²) in [6.07, 6.45) is 0. The summed E-state index contributed by atoms with van der Waals surface area (Å²) in [6.45, 7) is 0. The topological polar surface area (TPSA) is 115 Å². The van der Waals surface area contributed by atoms with Gasteiger partial charge in [0.2, 0.25) is 5.65 Å². The van der Waals surface area contributed by atoms with Gasteiger partial charge in [-0.2, -0.15) is 9.38 Å². The van der Waals surface area contributed by atoms with Gasteiger partial charge in [0.05, 0.1) is 15.9 Å². The standard InChI is InChI=1S/C9H5N5O4/c15-8-10-6-4-2-1-3-5(6)7-11-13(14(17)18)9(16)12(7)8/h1-4,11H. The summed E-state index contributed by atoms with van der Waals surface area (Å²) < 4.78 is 0.630. The van der Waals surface area contributed by atoms with Crippen LogP contribution in [-0.4, -0.2) is 24.3 Å². The third-order valence-electron chi connectivity index (χ3n) is 2.54. The van der Waals surface area contributed by atoms with E-state index in [0.29, 0.717) is 15.3 Å². The molecule has 0 atom stereocenters.